The van der Waals surface area contributed by atoms with Crippen LogP contribution in [0.4, 0.5) is 11.4 Å². The molecule has 1 fully saturated rings. The van der Waals surface area contributed by atoms with Crippen LogP contribution in [0.5, 0.6) is 5.75 Å². The van der Waals surface area contributed by atoms with Crippen LogP contribution in [0.15, 0.2) is 48.5 Å². The fourth-order valence-electron chi connectivity index (χ4n) is 3.48. The summed E-state index contributed by atoms with van der Waals surface area (Å²) in [6.45, 7) is 1.77. The number of amides is 4. The Balaban J connectivity index is 1.43. The first kappa shape index (κ1) is 26.0. The van der Waals surface area contributed by atoms with Crippen LogP contribution in [0.3, 0.4) is 0 Å². The number of methoxy groups -OCH3 is 1. The molecule has 10 nitrogen and oxygen atoms in total. The van der Waals surface area contributed by atoms with Crippen LogP contribution in [-0.2, 0) is 25.7 Å². The highest BCUT2D eigenvalue weighted by Crippen LogP contribution is 2.18. The molecule has 2 aromatic rings. The van der Waals surface area contributed by atoms with Gasteiger partial charge in [0.1, 0.15) is 11.2 Å². The van der Waals surface area contributed by atoms with Crippen molar-refractivity contribution in [2.45, 2.75) is 37.8 Å². The van der Waals surface area contributed by atoms with E-state index in [4.69, 9.17) is 4.74 Å². The fourth-order valence-corrected chi connectivity index (χ4v) is 4.37. The van der Waals surface area contributed by atoms with E-state index in [2.05, 4.69) is 26.6 Å². The fraction of sp³-hybridized carbons (Fsp3) is 0.333. The Morgan fingerprint density at radius 3 is 2.54 bits per heavy atom. The largest absolute Gasteiger partial charge is 0.497 e. The van der Waals surface area contributed by atoms with Crippen LogP contribution in [-0.4, -0.2) is 48.0 Å². The minimum atomic E-state index is -0.496. The predicted octanol–water partition coefficient (Wildman–Crippen LogP) is 1.79. The number of carbonyl (C=O) groups is 4. The summed E-state index contributed by atoms with van der Waals surface area (Å²) in [6.07, 6.45) is 0.308. The van der Waals surface area contributed by atoms with E-state index < -0.39 is 5.50 Å². The Hall–Kier alpha value is -3.57. The third kappa shape index (κ3) is 8.95. The van der Waals surface area contributed by atoms with E-state index in [1.807, 2.05) is 24.3 Å². The van der Waals surface area contributed by atoms with Crippen molar-refractivity contribution in [1.82, 2.24) is 16.0 Å². The second kappa shape index (κ2) is 12.8. The first-order valence-electron chi connectivity index (χ1n) is 11.0. The summed E-state index contributed by atoms with van der Waals surface area (Å²) in [6, 6.07) is 13.9. The molecule has 0 aliphatic carbocycles. The molecule has 186 valence electrons. The number of hydrogen-bond acceptors (Lipinski definition) is 7. The van der Waals surface area contributed by atoms with E-state index in [0.29, 0.717) is 23.7 Å². The maximum Gasteiger partial charge on any atom is 0.234 e. The molecule has 1 aliphatic rings. The summed E-state index contributed by atoms with van der Waals surface area (Å²) >= 11 is 1.22. The van der Waals surface area contributed by atoms with Gasteiger partial charge < -0.3 is 26.0 Å². The van der Waals surface area contributed by atoms with Crippen molar-refractivity contribution in [3.8, 4) is 5.75 Å². The number of hydrogen-bond donors (Lipinski definition) is 5. The zero-order valence-corrected chi connectivity index (χ0v) is 20.4. The van der Waals surface area contributed by atoms with Gasteiger partial charge in [-0.2, -0.15) is 0 Å². The van der Waals surface area contributed by atoms with Crippen LogP contribution in [0.1, 0.15) is 25.3 Å². The van der Waals surface area contributed by atoms with Gasteiger partial charge in [0, 0.05) is 43.7 Å². The molecule has 0 aromatic heterocycles. The maximum absolute atomic E-state index is 12.4. The van der Waals surface area contributed by atoms with Crippen LogP contribution in [0, 0.1) is 0 Å². The summed E-state index contributed by atoms with van der Waals surface area (Å²) in [7, 11) is 1.58. The molecule has 35 heavy (non-hydrogen) atoms. The smallest absolute Gasteiger partial charge is 0.234 e. The number of anilines is 2. The van der Waals surface area contributed by atoms with Gasteiger partial charge in [0.25, 0.3) is 0 Å². The zero-order chi connectivity index (χ0) is 25.2. The number of rotatable bonds is 10. The third-order valence-electron chi connectivity index (χ3n) is 5.01. The quantitative estimate of drug-likeness (QED) is 0.336. The molecule has 4 amide bonds. The summed E-state index contributed by atoms with van der Waals surface area (Å²) in [5, 5.41) is 14.3. The molecule has 0 radical (unpaired) electrons. The van der Waals surface area contributed by atoms with Gasteiger partial charge in [-0.05, 0) is 35.9 Å². The van der Waals surface area contributed by atoms with Crippen molar-refractivity contribution >= 4 is 46.8 Å². The Morgan fingerprint density at radius 2 is 1.80 bits per heavy atom. The Bertz CT molecular complexity index is 1080. The van der Waals surface area contributed by atoms with Crippen molar-refractivity contribution < 1.29 is 23.9 Å². The average Bonchev–Trinajstić information content (AvgIpc) is 2.81. The van der Waals surface area contributed by atoms with E-state index in [1.165, 1.54) is 18.7 Å². The molecule has 1 saturated heterocycles. The van der Waals surface area contributed by atoms with Gasteiger partial charge in [0.15, 0.2) is 0 Å². The Labute approximate surface area is 207 Å². The van der Waals surface area contributed by atoms with Gasteiger partial charge in [-0.15, -0.1) is 11.8 Å². The molecular weight excluding hydrogens is 470 g/mol. The standard InChI is InChI=1S/C24H29N5O5S/c1-15(30)26-17-6-4-7-18(10-17)27-23(33)14-35-24-28-19(12-22(32)29-24)11-21(31)25-13-16-5-3-8-20(9-16)34-2/h3-10,19,24,28H,11-14H2,1-2H3,(H,25,31)(H,26,30)(H,27,33)(H,29,32). The summed E-state index contributed by atoms with van der Waals surface area (Å²) in [4.78, 5) is 48.1. The van der Waals surface area contributed by atoms with Crippen molar-refractivity contribution in [1.29, 1.82) is 0 Å². The molecular formula is C24H29N5O5S. The molecule has 0 saturated carbocycles. The molecule has 0 spiro atoms. The highest BCUT2D eigenvalue weighted by molar-refractivity contribution is 8.00. The normalized spacial score (nSPS) is 17.1. The molecule has 2 aromatic carbocycles. The summed E-state index contributed by atoms with van der Waals surface area (Å²) in [5.41, 5.74) is 1.54. The molecule has 2 unspecified atom stereocenters. The molecule has 5 N–H and O–H groups in total. The van der Waals surface area contributed by atoms with E-state index in [9.17, 15) is 19.2 Å². The zero-order valence-electron chi connectivity index (χ0n) is 19.6. The summed E-state index contributed by atoms with van der Waals surface area (Å²) in [5.74, 6) is -0.0322. The maximum atomic E-state index is 12.4. The molecule has 1 aliphatic heterocycles. The van der Waals surface area contributed by atoms with Gasteiger partial charge in [-0.25, -0.2) is 0 Å². The lowest BCUT2D eigenvalue weighted by molar-refractivity contribution is -0.125. The van der Waals surface area contributed by atoms with E-state index >= 15 is 0 Å². The number of benzene rings is 2. The van der Waals surface area contributed by atoms with E-state index in [-0.39, 0.29) is 48.3 Å². The van der Waals surface area contributed by atoms with Crippen molar-refractivity contribution in [3.05, 3.63) is 54.1 Å². The number of nitrogens with one attached hydrogen (secondary N) is 5. The Kier molecular flexibility index (Phi) is 9.50. The van der Waals surface area contributed by atoms with Crippen LogP contribution >= 0.6 is 11.8 Å². The predicted molar refractivity (Wildman–Crippen MR) is 135 cm³/mol. The number of thioether (sulfide) groups is 1. The van der Waals surface area contributed by atoms with E-state index in [1.54, 1.807) is 31.4 Å². The SMILES string of the molecule is COc1cccc(CNC(=O)CC2CC(=O)NC(SCC(=O)Nc3cccc(NC(C)=O)c3)N2)c1. The lowest BCUT2D eigenvalue weighted by Crippen LogP contribution is -2.56. The van der Waals surface area contributed by atoms with Crippen LogP contribution in [0.25, 0.3) is 0 Å². The lowest BCUT2D eigenvalue weighted by atomic mass is 10.1. The number of ether oxygens (including phenoxy) is 1. The van der Waals surface area contributed by atoms with Crippen LogP contribution in [0.2, 0.25) is 0 Å². The van der Waals surface area contributed by atoms with Crippen molar-refractivity contribution in [2.24, 2.45) is 0 Å². The molecule has 0 bridgehead atoms. The molecule has 11 heteroatoms. The third-order valence-corrected chi connectivity index (χ3v) is 6.03. The van der Waals surface area contributed by atoms with Gasteiger partial charge in [-0.3, -0.25) is 24.5 Å². The monoisotopic (exact) mass is 499 g/mol. The molecule has 1 heterocycles. The summed E-state index contributed by atoms with van der Waals surface area (Å²) < 4.78 is 5.19. The minimum Gasteiger partial charge on any atom is -0.497 e. The average molecular weight is 500 g/mol. The topological polar surface area (TPSA) is 138 Å². The van der Waals surface area contributed by atoms with Gasteiger partial charge in [-0.1, -0.05) is 18.2 Å². The highest BCUT2D eigenvalue weighted by Gasteiger charge is 2.28. The Morgan fingerprint density at radius 1 is 1.06 bits per heavy atom. The van der Waals surface area contributed by atoms with Crippen molar-refractivity contribution in [2.75, 3.05) is 23.5 Å². The van der Waals surface area contributed by atoms with E-state index in [0.717, 1.165) is 5.56 Å². The second-order valence-corrected chi connectivity index (χ2v) is 9.06. The first-order chi connectivity index (χ1) is 16.8. The first-order valence-corrected chi connectivity index (χ1v) is 12.1. The van der Waals surface area contributed by atoms with Crippen molar-refractivity contribution in [3.63, 3.8) is 0 Å². The molecule has 3 rings (SSSR count). The number of carbonyl (C=O) groups excluding carboxylic acids is 4. The lowest BCUT2D eigenvalue weighted by Gasteiger charge is -2.30. The van der Waals surface area contributed by atoms with Crippen LogP contribution < -0.4 is 31.3 Å². The highest BCUT2D eigenvalue weighted by atomic mass is 32.2. The molecule has 2 atom stereocenters. The van der Waals surface area contributed by atoms with Gasteiger partial charge in [0.05, 0.1) is 12.9 Å². The minimum absolute atomic E-state index is 0.0804. The van der Waals surface area contributed by atoms with Gasteiger partial charge >= 0.3 is 0 Å². The van der Waals surface area contributed by atoms with Gasteiger partial charge in [0.2, 0.25) is 23.6 Å². The second-order valence-electron chi connectivity index (χ2n) is 7.97.